The van der Waals surface area contributed by atoms with Gasteiger partial charge in [0.25, 0.3) is 0 Å². The van der Waals surface area contributed by atoms with Crippen LogP contribution in [0.15, 0.2) is 60.7 Å². The number of fused-ring (bicyclic) bond motifs is 2. The maximum absolute atomic E-state index is 5.42. The maximum Gasteiger partial charge on any atom is 0.231 e. The first-order valence-corrected chi connectivity index (χ1v) is 9.18. The van der Waals surface area contributed by atoms with Crippen LogP contribution in [0.4, 0.5) is 11.4 Å². The zero-order valence-corrected chi connectivity index (χ0v) is 15.2. The highest BCUT2D eigenvalue weighted by molar-refractivity contribution is 5.55. The molecule has 0 unspecified atom stereocenters. The Morgan fingerprint density at radius 2 is 0.964 bits per heavy atom. The summed E-state index contributed by atoms with van der Waals surface area (Å²) in [5.74, 6) is 3.23. The lowest BCUT2D eigenvalue weighted by atomic mass is 10.2. The summed E-state index contributed by atoms with van der Waals surface area (Å²) in [6.45, 7) is 2.04. The average Bonchev–Trinajstić information content (AvgIpc) is 3.39. The van der Waals surface area contributed by atoms with E-state index < -0.39 is 0 Å². The monoisotopic (exact) mass is 376 g/mol. The molecular weight excluding hydrogens is 356 g/mol. The molecule has 0 aromatic heterocycles. The minimum atomic E-state index is 0.299. The molecule has 28 heavy (non-hydrogen) atoms. The molecule has 5 rings (SSSR count). The van der Waals surface area contributed by atoms with Gasteiger partial charge in [-0.25, -0.2) is 0 Å². The Hall–Kier alpha value is -3.54. The molecule has 6 nitrogen and oxygen atoms in total. The highest BCUT2D eigenvalue weighted by atomic mass is 16.7. The molecule has 0 bridgehead atoms. The van der Waals surface area contributed by atoms with Crippen molar-refractivity contribution in [1.82, 2.24) is 0 Å². The Bertz CT molecular complexity index is 908. The van der Waals surface area contributed by atoms with Gasteiger partial charge in [0.15, 0.2) is 23.0 Å². The van der Waals surface area contributed by atoms with Crippen LogP contribution in [0.2, 0.25) is 0 Å². The summed E-state index contributed by atoms with van der Waals surface area (Å²) < 4.78 is 21.5. The second-order valence-electron chi connectivity index (χ2n) is 6.66. The van der Waals surface area contributed by atoms with E-state index in [1.54, 1.807) is 0 Å². The second kappa shape index (κ2) is 7.23. The Kier molecular flexibility index (Phi) is 4.29. The van der Waals surface area contributed by atoms with Crippen LogP contribution in [0.1, 0.15) is 11.1 Å². The molecule has 3 aromatic rings. The Morgan fingerprint density at radius 1 is 0.536 bits per heavy atom. The van der Waals surface area contributed by atoms with Gasteiger partial charge in [-0.05, 0) is 59.7 Å². The smallest absolute Gasteiger partial charge is 0.231 e. The zero-order chi connectivity index (χ0) is 18.8. The second-order valence-corrected chi connectivity index (χ2v) is 6.66. The fourth-order valence-corrected chi connectivity index (χ4v) is 3.22. The van der Waals surface area contributed by atoms with Crippen molar-refractivity contribution in [2.24, 2.45) is 0 Å². The molecule has 142 valence electrons. The molecule has 2 aliphatic heterocycles. The molecule has 2 N–H and O–H groups in total. The maximum atomic E-state index is 5.42. The highest BCUT2D eigenvalue weighted by Gasteiger charge is 2.14. The summed E-state index contributed by atoms with van der Waals surface area (Å²) in [4.78, 5) is 0. The van der Waals surface area contributed by atoms with Gasteiger partial charge in [-0.1, -0.05) is 12.1 Å². The van der Waals surface area contributed by atoms with Crippen LogP contribution in [0.25, 0.3) is 0 Å². The summed E-state index contributed by atoms with van der Waals surface area (Å²) in [7, 11) is 0. The van der Waals surface area contributed by atoms with Crippen LogP contribution in [-0.4, -0.2) is 13.6 Å². The molecule has 0 saturated carbocycles. The number of rotatable bonds is 6. The van der Waals surface area contributed by atoms with Crippen molar-refractivity contribution in [3.05, 3.63) is 71.8 Å². The fraction of sp³-hybridized carbons (Fsp3) is 0.182. The van der Waals surface area contributed by atoms with E-state index in [4.69, 9.17) is 18.9 Å². The van der Waals surface area contributed by atoms with E-state index in [0.717, 1.165) is 58.6 Å². The van der Waals surface area contributed by atoms with E-state index in [-0.39, 0.29) is 0 Å². The highest BCUT2D eigenvalue weighted by Crippen LogP contribution is 2.33. The zero-order valence-electron chi connectivity index (χ0n) is 15.2. The number of nitrogens with one attached hydrogen (secondary N) is 2. The predicted molar refractivity (Wildman–Crippen MR) is 106 cm³/mol. The van der Waals surface area contributed by atoms with Gasteiger partial charge in [-0.3, -0.25) is 0 Å². The van der Waals surface area contributed by atoms with Crippen LogP contribution >= 0.6 is 0 Å². The SMILES string of the molecule is c1cc2c(cc1CNc1ccc(NCc3ccc4c(c3)OCO4)cc1)OCO2. The summed E-state index contributed by atoms with van der Waals surface area (Å²) in [6.07, 6.45) is 0. The summed E-state index contributed by atoms with van der Waals surface area (Å²) in [5.41, 5.74) is 4.42. The summed E-state index contributed by atoms with van der Waals surface area (Å²) in [6, 6.07) is 20.3. The molecule has 0 fully saturated rings. The van der Waals surface area contributed by atoms with Crippen LogP contribution in [0.3, 0.4) is 0 Å². The number of ether oxygens (including phenoxy) is 4. The van der Waals surface area contributed by atoms with Gasteiger partial charge in [0.2, 0.25) is 13.6 Å². The van der Waals surface area contributed by atoms with E-state index in [1.165, 1.54) is 0 Å². The fourth-order valence-electron chi connectivity index (χ4n) is 3.22. The van der Waals surface area contributed by atoms with Gasteiger partial charge >= 0.3 is 0 Å². The molecule has 0 spiro atoms. The number of hydrogen-bond donors (Lipinski definition) is 2. The lowest BCUT2D eigenvalue weighted by molar-refractivity contribution is 0.173. The van der Waals surface area contributed by atoms with Gasteiger partial charge in [0.05, 0.1) is 0 Å². The van der Waals surface area contributed by atoms with Crippen molar-refractivity contribution in [2.45, 2.75) is 13.1 Å². The van der Waals surface area contributed by atoms with E-state index >= 15 is 0 Å². The molecule has 3 aromatic carbocycles. The third-order valence-electron chi connectivity index (χ3n) is 4.75. The molecule has 0 amide bonds. The van der Waals surface area contributed by atoms with Crippen molar-refractivity contribution >= 4 is 11.4 Å². The van der Waals surface area contributed by atoms with Crippen molar-refractivity contribution in [2.75, 3.05) is 24.2 Å². The first-order chi connectivity index (χ1) is 13.8. The van der Waals surface area contributed by atoms with Gasteiger partial charge < -0.3 is 29.6 Å². The summed E-state index contributed by atoms with van der Waals surface area (Å²) >= 11 is 0. The van der Waals surface area contributed by atoms with E-state index in [1.807, 2.05) is 36.4 Å². The molecule has 2 heterocycles. The van der Waals surface area contributed by atoms with Gasteiger partial charge in [-0.15, -0.1) is 0 Å². The van der Waals surface area contributed by atoms with Crippen molar-refractivity contribution in [1.29, 1.82) is 0 Å². The molecular formula is C22H20N2O4. The Labute approximate surface area is 163 Å². The van der Waals surface area contributed by atoms with E-state index in [0.29, 0.717) is 13.6 Å². The number of hydrogen-bond acceptors (Lipinski definition) is 6. The molecule has 0 atom stereocenters. The Morgan fingerprint density at radius 3 is 1.43 bits per heavy atom. The lowest BCUT2D eigenvalue weighted by Gasteiger charge is -2.10. The number of benzene rings is 3. The quantitative estimate of drug-likeness (QED) is 0.666. The summed E-state index contributed by atoms with van der Waals surface area (Å²) in [5, 5.41) is 6.85. The van der Waals surface area contributed by atoms with Crippen LogP contribution < -0.4 is 29.6 Å². The largest absolute Gasteiger partial charge is 0.454 e. The molecule has 0 aliphatic carbocycles. The lowest BCUT2D eigenvalue weighted by Crippen LogP contribution is -2.01. The first kappa shape index (κ1) is 16.6. The van der Waals surface area contributed by atoms with E-state index in [2.05, 4.69) is 34.9 Å². The third kappa shape index (κ3) is 3.49. The predicted octanol–water partition coefficient (Wildman–Crippen LogP) is 4.37. The van der Waals surface area contributed by atoms with Crippen LogP contribution in [0.5, 0.6) is 23.0 Å². The molecule has 0 saturated heterocycles. The van der Waals surface area contributed by atoms with Gasteiger partial charge in [0, 0.05) is 24.5 Å². The molecule has 6 heteroatoms. The minimum absolute atomic E-state index is 0.299. The first-order valence-electron chi connectivity index (χ1n) is 9.18. The van der Waals surface area contributed by atoms with Crippen molar-refractivity contribution < 1.29 is 18.9 Å². The van der Waals surface area contributed by atoms with Crippen LogP contribution in [-0.2, 0) is 13.1 Å². The Balaban J connectivity index is 1.15. The standard InChI is InChI=1S/C22H20N2O4/c1-7-19-21(27-13-25-19)9-15(1)11-23-17-3-5-18(6-4-17)24-12-16-2-8-20-22(10-16)28-14-26-20/h1-10,23-24H,11-14H2. The van der Waals surface area contributed by atoms with Gasteiger partial charge in [-0.2, -0.15) is 0 Å². The number of anilines is 2. The molecule has 0 radical (unpaired) electrons. The van der Waals surface area contributed by atoms with Crippen molar-refractivity contribution in [3.63, 3.8) is 0 Å². The molecule has 2 aliphatic rings. The minimum Gasteiger partial charge on any atom is -0.454 e. The topological polar surface area (TPSA) is 61.0 Å². The average molecular weight is 376 g/mol. The third-order valence-corrected chi connectivity index (χ3v) is 4.75. The van der Waals surface area contributed by atoms with Crippen molar-refractivity contribution in [3.8, 4) is 23.0 Å². The van der Waals surface area contributed by atoms with Crippen LogP contribution in [0, 0.1) is 0 Å². The van der Waals surface area contributed by atoms with E-state index in [9.17, 15) is 0 Å². The normalized spacial score (nSPS) is 13.4. The van der Waals surface area contributed by atoms with Gasteiger partial charge in [0.1, 0.15) is 0 Å².